The third-order valence-electron chi connectivity index (χ3n) is 3.77. The van der Waals surface area contributed by atoms with E-state index in [1.807, 2.05) is 19.2 Å². The first kappa shape index (κ1) is 12.8. The fraction of sp³-hybridized carbons (Fsp3) is 0.400. The number of piperidine rings is 1. The predicted octanol–water partition coefficient (Wildman–Crippen LogP) is 2.46. The number of hydrogen-bond donors (Lipinski definition) is 0. The Morgan fingerprint density at radius 3 is 2.85 bits per heavy atom. The van der Waals surface area contributed by atoms with Gasteiger partial charge in [0.05, 0.1) is 11.9 Å². The highest BCUT2D eigenvalue weighted by molar-refractivity contribution is 5.75. The van der Waals surface area contributed by atoms with Gasteiger partial charge < -0.3 is 14.1 Å². The van der Waals surface area contributed by atoms with Gasteiger partial charge in [-0.25, -0.2) is 4.98 Å². The molecular formula is C15H17N3O2. The largest absolute Gasteiger partial charge is 0.449 e. The molecule has 0 saturated carbocycles. The number of aryl methyl sites for hydroxylation is 1. The predicted molar refractivity (Wildman–Crippen MR) is 75.5 cm³/mol. The summed E-state index contributed by atoms with van der Waals surface area (Å²) >= 11 is 0. The SMILES string of the molecule is Cc1nc(-c2ccncc2N2CCC(C=O)CC2)co1. The van der Waals surface area contributed by atoms with Gasteiger partial charge in [0.2, 0.25) is 0 Å². The standard InChI is InChI=1S/C15H17N3O2/c1-11-17-14(10-20-11)13-2-5-16-8-15(13)18-6-3-12(9-19)4-7-18/h2,5,8-10,12H,3-4,6-7H2,1H3. The van der Waals surface area contributed by atoms with Crippen LogP contribution >= 0.6 is 0 Å². The molecule has 2 aromatic heterocycles. The zero-order chi connectivity index (χ0) is 13.9. The van der Waals surface area contributed by atoms with Gasteiger partial charge in [-0.05, 0) is 18.9 Å². The maximum absolute atomic E-state index is 10.8. The van der Waals surface area contributed by atoms with E-state index >= 15 is 0 Å². The lowest BCUT2D eigenvalue weighted by molar-refractivity contribution is -0.111. The smallest absolute Gasteiger partial charge is 0.191 e. The maximum atomic E-state index is 10.8. The molecule has 20 heavy (non-hydrogen) atoms. The van der Waals surface area contributed by atoms with Crippen molar-refractivity contribution < 1.29 is 9.21 Å². The van der Waals surface area contributed by atoms with Crippen LogP contribution < -0.4 is 4.90 Å². The molecule has 2 aromatic rings. The van der Waals surface area contributed by atoms with Gasteiger partial charge in [-0.3, -0.25) is 4.98 Å². The molecule has 0 aliphatic carbocycles. The molecule has 1 saturated heterocycles. The Hall–Kier alpha value is -2.17. The molecule has 1 aliphatic rings. The number of hydrogen-bond acceptors (Lipinski definition) is 5. The molecule has 0 N–H and O–H groups in total. The summed E-state index contributed by atoms with van der Waals surface area (Å²) in [5.41, 5.74) is 2.92. The van der Waals surface area contributed by atoms with E-state index in [9.17, 15) is 4.79 Å². The van der Waals surface area contributed by atoms with E-state index in [-0.39, 0.29) is 5.92 Å². The topological polar surface area (TPSA) is 59.2 Å². The fourth-order valence-electron chi connectivity index (χ4n) is 2.62. The molecule has 0 spiro atoms. The Kier molecular flexibility index (Phi) is 3.50. The maximum Gasteiger partial charge on any atom is 0.191 e. The Morgan fingerprint density at radius 1 is 1.40 bits per heavy atom. The van der Waals surface area contributed by atoms with Gasteiger partial charge in [-0.1, -0.05) is 0 Å². The second-order valence-electron chi connectivity index (χ2n) is 5.11. The molecule has 5 nitrogen and oxygen atoms in total. The van der Waals surface area contributed by atoms with Crippen molar-refractivity contribution in [1.82, 2.24) is 9.97 Å². The van der Waals surface area contributed by atoms with Gasteiger partial charge in [0.25, 0.3) is 0 Å². The van der Waals surface area contributed by atoms with Gasteiger partial charge >= 0.3 is 0 Å². The molecule has 0 amide bonds. The number of oxazole rings is 1. The summed E-state index contributed by atoms with van der Waals surface area (Å²) in [5, 5.41) is 0. The second-order valence-corrected chi connectivity index (χ2v) is 5.11. The van der Waals surface area contributed by atoms with Crippen molar-refractivity contribution in [2.24, 2.45) is 5.92 Å². The van der Waals surface area contributed by atoms with E-state index in [0.717, 1.165) is 49.2 Å². The summed E-state index contributed by atoms with van der Waals surface area (Å²) < 4.78 is 5.30. The number of rotatable bonds is 3. The van der Waals surface area contributed by atoms with Crippen LogP contribution in [-0.2, 0) is 4.79 Å². The summed E-state index contributed by atoms with van der Waals surface area (Å²) in [6.07, 6.45) is 8.17. The lowest BCUT2D eigenvalue weighted by atomic mass is 9.97. The van der Waals surface area contributed by atoms with Gasteiger partial charge in [-0.15, -0.1) is 0 Å². The van der Waals surface area contributed by atoms with E-state index in [4.69, 9.17) is 4.42 Å². The van der Waals surface area contributed by atoms with Crippen molar-refractivity contribution in [2.75, 3.05) is 18.0 Å². The first-order valence-electron chi connectivity index (χ1n) is 6.84. The average molecular weight is 271 g/mol. The number of nitrogens with zero attached hydrogens (tertiary/aromatic N) is 3. The van der Waals surface area contributed by atoms with Crippen LogP contribution in [0.15, 0.2) is 29.1 Å². The van der Waals surface area contributed by atoms with Crippen molar-refractivity contribution in [3.8, 4) is 11.3 Å². The van der Waals surface area contributed by atoms with Crippen LogP contribution in [0.25, 0.3) is 11.3 Å². The summed E-state index contributed by atoms with van der Waals surface area (Å²) in [6.45, 7) is 3.58. The lowest BCUT2D eigenvalue weighted by Gasteiger charge is -2.32. The highest BCUT2D eigenvalue weighted by atomic mass is 16.3. The van der Waals surface area contributed by atoms with Crippen molar-refractivity contribution in [3.05, 3.63) is 30.6 Å². The lowest BCUT2D eigenvalue weighted by Crippen LogP contribution is -2.34. The quantitative estimate of drug-likeness (QED) is 0.802. The number of anilines is 1. The molecule has 3 rings (SSSR count). The van der Waals surface area contributed by atoms with Crippen molar-refractivity contribution in [2.45, 2.75) is 19.8 Å². The second kappa shape index (κ2) is 5.45. The van der Waals surface area contributed by atoms with Crippen LogP contribution in [0.2, 0.25) is 0 Å². The van der Waals surface area contributed by atoms with E-state index < -0.39 is 0 Å². The van der Waals surface area contributed by atoms with Crippen molar-refractivity contribution in [3.63, 3.8) is 0 Å². The molecule has 0 atom stereocenters. The molecule has 5 heteroatoms. The molecule has 1 fully saturated rings. The van der Waals surface area contributed by atoms with E-state index in [1.165, 1.54) is 0 Å². The Balaban J connectivity index is 1.89. The third-order valence-corrected chi connectivity index (χ3v) is 3.77. The first-order chi connectivity index (χ1) is 9.78. The van der Waals surface area contributed by atoms with Gasteiger partial charge in [0.1, 0.15) is 18.2 Å². The molecule has 3 heterocycles. The molecular weight excluding hydrogens is 254 g/mol. The first-order valence-corrected chi connectivity index (χ1v) is 6.84. The van der Waals surface area contributed by atoms with Gasteiger partial charge in [0, 0.05) is 37.7 Å². The van der Waals surface area contributed by atoms with Crippen LogP contribution in [0.1, 0.15) is 18.7 Å². The highest BCUT2D eigenvalue weighted by Gasteiger charge is 2.21. The van der Waals surface area contributed by atoms with Crippen LogP contribution in [0.5, 0.6) is 0 Å². The van der Waals surface area contributed by atoms with Crippen LogP contribution in [0.4, 0.5) is 5.69 Å². The van der Waals surface area contributed by atoms with E-state index in [1.54, 1.807) is 12.5 Å². The minimum Gasteiger partial charge on any atom is -0.449 e. The molecule has 0 aromatic carbocycles. The molecule has 0 bridgehead atoms. The Morgan fingerprint density at radius 2 is 2.20 bits per heavy atom. The Bertz CT molecular complexity index is 601. The zero-order valence-corrected chi connectivity index (χ0v) is 11.5. The van der Waals surface area contributed by atoms with Crippen molar-refractivity contribution in [1.29, 1.82) is 0 Å². The minimum absolute atomic E-state index is 0.195. The van der Waals surface area contributed by atoms with Gasteiger partial charge in [-0.2, -0.15) is 0 Å². The number of carbonyl (C=O) groups excluding carboxylic acids is 1. The molecule has 104 valence electrons. The number of pyridine rings is 1. The monoisotopic (exact) mass is 271 g/mol. The number of aldehydes is 1. The zero-order valence-electron chi connectivity index (χ0n) is 11.5. The molecule has 0 unspecified atom stereocenters. The normalized spacial score (nSPS) is 16.4. The van der Waals surface area contributed by atoms with E-state index in [2.05, 4.69) is 14.9 Å². The molecule has 0 radical (unpaired) electrons. The summed E-state index contributed by atoms with van der Waals surface area (Å²) in [5.74, 6) is 0.850. The number of carbonyl (C=O) groups is 1. The summed E-state index contributed by atoms with van der Waals surface area (Å²) in [6, 6.07) is 1.96. The van der Waals surface area contributed by atoms with E-state index in [0.29, 0.717) is 5.89 Å². The van der Waals surface area contributed by atoms with Crippen LogP contribution in [0, 0.1) is 12.8 Å². The highest BCUT2D eigenvalue weighted by Crippen LogP contribution is 2.31. The summed E-state index contributed by atoms with van der Waals surface area (Å²) in [4.78, 5) is 21.7. The van der Waals surface area contributed by atoms with Crippen molar-refractivity contribution >= 4 is 12.0 Å². The Labute approximate surface area is 117 Å². The minimum atomic E-state index is 0.195. The summed E-state index contributed by atoms with van der Waals surface area (Å²) in [7, 11) is 0. The third kappa shape index (κ3) is 2.43. The van der Waals surface area contributed by atoms with Crippen LogP contribution in [-0.4, -0.2) is 29.3 Å². The molecule has 1 aliphatic heterocycles. The fourth-order valence-corrected chi connectivity index (χ4v) is 2.62. The average Bonchev–Trinajstić information content (AvgIpc) is 2.94. The number of aromatic nitrogens is 2. The van der Waals surface area contributed by atoms with Gasteiger partial charge in [0.15, 0.2) is 5.89 Å². The van der Waals surface area contributed by atoms with Crippen LogP contribution in [0.3, 0.4) is 0 Å².